The Hall–Kier alpha value is -5.07. The number of ether oxygens (including phenoxy) is 2. The molecular weight excluding hydrogens is 470 g/mol. The molecule has 184 valence electrons. The van der Waals surface area contributed by atoms with Crippen LogP contribution in [0.5, 0.6) is 0 Å². The number of methoxy groups -OCH3 is 1. The number of carbonyl (C=O) groups is 2. The van der Waals surface area contributed by atoms with Crippen molar-refractivity contribution in [1.82, 2.24) is 4.90 Å². The zero-order valence-electron chi connectivity index (χ0n) is 20.0. The lowest BCUT2D eigenvalue weighted by Crippen LogP contribution is -2.49. The fraction of sp³-hybridized carbons (Fsp3) is 0.250. The number of allylic oxidation sites excluding steroid dienone is 2. The molecule has 0 fully saturated rings. The number of fused-ring (bicyclic) bond motifs is 1. The van der Waals surface area contributed by atoms with Gasteiger partial charge >= 0.3 is 12.1 Å². The summed E-state index contributed by atoms with van der Waals surface area (Å²) in [6.07, 6.45) is 1.16. The van der Waals surface area contributed by atoms with Gasteiger partial charge in [-0.1, -0.05) is 48.5 Å². The van der Waals surface area contributed by atoms with Gasteiger partial charge in [0.25, 0.3) is 0 Å². The number of carbonyl (C=O) groups excluding carboxylic acids is 2. The molecule has 0 bridgehead atoms. The fourth-order valence-electron chi connectivity index (χ4n) is 4.96. The standard InChI is InChI=1S/C28H23N5O4/c1-36-26(34)20-9-7-19(8-10-20)24-23-14-33(27(35)37-15-18-5-3-2-4-6-18)12-11-21(23)22(13-29)25(32)28(24,16-30)17-31/h2-11,23-24H,12,14-15,32H2,1H3/t23-,24-/m0/s1. The van der Waals surface area contributed by atoms with E-state index in [-0.39, 0.29) is 31.0 Å². The first-order valence-corrected chi connectivity index (χ1v) is 11.5. The van der Waals surface area contributed by atoms with E-state index >= 15 is 0 Å². The average molecular weight is 494 g/mol. The minimum atomic E-state index is -1.86. The Labute approximate surface area is 214 Å². The van der Waals surface area contributed by atoms with Gasteiger partial charge in [0.05, 0.1) is 36.1 Å². The zero-order chi connectivity index (χ0) is 26.6. The third-order valence-electron chi connectivity index (χ3n) is 6.82. The minimum absolute atomic E-state index is 0.0767. The van der Waals surface area contributed by atoms with Crippen LogP contribution in [0, 0.1) is 45.3 Å². The third-order valence-corrected chi connectivity index (χ3v) is 6.82. The molecule has 0 unspecified atom stereocenters. The van der Waals surface area contributed by atoms with Gasteiger partial charge in [0.15, 0.2) is 5.41 Å². The van der Waals surface area contributed by atoms with E-state index in [1.54, 1.807) is 30.3 Å². The predicted molar refractivity (Wildman–Crippen MR) is 131 cm³/mol. The maximum Gasteiger partial charge on any atom is 0.410 e. The maximum atomic E-state index is 12.9. The van der Waals surface area contributed by atoms with Crippen LogP contribution < -0.4 is 5.73 Å². The summed E-state index contributed by atoms with van der Waals surface area (Å²) in [6, 6.07) is 21.8. The number of rotatable bonds is 4. The summed E-state index contributed by atoms with van der Waals surface area (Å²) in [7, 11) is 1.27. The average Bonchev–Trinajstić information content (AvgIpc) is 2.95. The first-order chi connectivity index (χ1) is 17.9. The molecule has 1 amide bonds. The highest BCUT2D eigenvalue weighted by molar-refractivity contribution is 5.89. The molecule has 1 heterocycles. The van der Waals surface area contributed by atoms with E-state index in [2.05, 4.69) is 18.2 Å². The Morgan fingerprint density at radius 3 is 2.35 bits per heavy atom. The van der Waals surface area contributed by atoms with Crippen LogP contribution in [0.25, 0.3) is 0 Å². The number of amides is 1. The Kier molecular flexibility index (Phi) is 6.95. The van der Waals surface area contributed by atoms with Crippen molar-refractivity contribution in [1.29, 1.82) is 15.8 Å². The van der Waals surface area contributed by atoms with Crippen LogP contribution in [-0.2, 0) is 16.1 Å². The van der Waals surface area contributed by atoms with Gasteiger partial charge in [0.2, 0.25) is 0 Å². The van der Waals surface area contributed by atoms with Crippen molar-refractivity contribution in [2.24, 2.45) is 17.1 Å². The molecule has 0 aromatic heterocycles. The highest BCUT2D eigenvalue weighted by atomic mass is 16.6. The number of nitrogens with two attached hydrogens (primary N) is 1. The highest BCUT2D eigenvalue weighted by Gasteiger charge is 2.54. The summed E-state index contributed by atoms with van der Waals surface area (Å²) >= 11 is 0. The summed E-state index contributed by atoms with van der Waals surface area (Å²) < 4.78 is 10.3. The summed E-state index contributed by atoms with van der Waals surface area (Å²) in [5.74, 6) is -1.94. The van der Waals surface area contributed by atoms with Crippen LogP contribution in [-0.4, -0.2) is 37.2 Å². The Balaban J connectivity index is 1.73. The number of nitriles is 3. The lowest BCUT2D eigenvalue weighted by Gasteiger charge is -2.45. The molecule has 2 aromatic carbocycles. The molecule has 9 nitrogen and oxygen atoms in total. The zero-order valence-corrected chi connectivity index (χ0v) is 20.0. The molecule has 0 saturated heterocycles. The van der Waals surface area contributed by atoms with E-state index in [1.807, 2.05) is 30.3 Å². The van der Waals surface area contributed by atoms with E-state index in [4.69, 9.17) is 15.2 Å². The van der Waals surface area contributed by atoms with Crippen molar-refractivity contribution < 1.29 is 19.1 Å². The monoisotopic (exact) mass is 493 g/mol. The molecular formula is C28H23N5O4. The first kappa shape index (κ1) is 25.0. The molecule has 4 rings (SSSR count). The lowest BCUT2D eigenvalue weighted by molar-refractivity contribution is 0.0600. The number of hydrogen-bond acceptors (Lipinski definition) is 8. The summed E-state index contributed by atoms with van der Waals surface area (Å²) in [6.45, 7) is 0.372. The first-order valence-electron chi connectivity index (χ1n) is 11.5. The second kappa shape index (κ2) is 10.3. The molecule has 0 spiro atoms. The van der Waals surface area contributed by atoms with Gasteiger partial charge in [-0.2, -0.15) is 15.8 Å². The third kappa shape index (κ3) is 4.37. The van der Waals surface area contributed by atoms with E-state index in [0.29, 0.717) is 16.7 Å². The van der Waals surface area contributed by atoms with Crippen molar-refractivity contribution in [2.45, 2.75) is 12.5 Å². The van der Waals surface area contributed by atoms with Gasteiger partial charge in [0.1, 0.15) is 12.7 Å². The van der Waals surface area contributed by atoms with Gasteiger partial charge in [-0.25, -0.2) is 9.59 Å². The molecule has 9 heteroatoms. The van der Waals surface area contributed by atoms with Crippen molar-refractivity contribution in [2.75, 3.05) is 20.2 Å². The van der Waals surface area contributed by atoms with Gasteiger partial charge < -0.3 is 20.1 Å². The Bertz CT molecular complexity index is 1390. The number of benzene rings is 2. The van der Waals surface area contributed by atoms with E-state index in [0.717, 1.165) is 5.56 Å². The Morgan fingerprint density at radius 2 is 1.76 bits per heavy atom. The molecule has 1 aliphatic heterocycles. The van der Waals surface area contributed by atoms with Gasteiger partial charge in [-0.3, -0.25) is 0 Å². The molecule has 2 N–H and O–H groups in total. The van der Waals surface area contributed by atoms with Crippen molar-refractivity contribution >= 4 is 12.1 Å². The normalized spacial score (nSPS) is 19.8. The van der Waals surface area contributed by atoms with Crippen LogP contribution in [0.2, 0.25) is 0 Å². The van der Waals surface area contributed by atoms with Crippen LogP contribution >= 0.6 is 0 Å². The van der Waals surface area contributed by atoms with Gasteiger partial charge in [0, 0.05) is 24.9 Å². The van der Waals surface area contributed by atoms with Crippen molar-refractivity contribution in [3.8, 4) is 18.2 Å². The quantitative estimate of drug-likeness (QED) is 0.635. The molecule has 2 aromatic rings. The molecule has 2 aliphatic rings. The second-order valence-electron chi connectivity index (χ2n) is 8.73. The van der Waals surface area contributed by atoms with Crippen LogP contribution in [0.1, 0.15) is 27.4 Å². The lowest BCUT2D eigenvalue weighted by atomic mass is 9.58. The van der Waals surface area contributed by atoms with Crippen molar-refractivity contribution in [3.63, 3.8) is 0 Å². The molecule has 0 radical (unpaired) electrons. The summed E-state index contributed by atoms with van der Waals surface area (Å²) in [5.41, 5.74) is 6.69. The van der Waals surface area contributed by atoms with Crippen molar-refractivity contribution in [3.05, 3.63) is 94.2 Å². The predicted octanol–water partition coefficient (Wildman–Crippen LogP) is 3.54. The van der Waals surface area contributed by atoms with Gasteiger partial charge in [-0.15, -0.1) is 0 Å². The minimum Gasteiger partial charge on any atom is -0.465 e. The molecule has 0 saturated carbocycles. The molecule has 1 aliphatic carbocycles. The molecule has 37 heavy (non-hydrogen) atoms. The largest absolute Gasteiger partial charge is 0.465 e. The van der Waals surface area contributed by atoms with Crippen LogP contribution in [0.3, 0.4) is 0 Å². The number of esters is 1. The van der Waals surface area contributed by atoms with Crippen LogP contribution in [0.15, 0.2) is 77.5 Å². The summed E-state index contributed by atoms with van der Waals surface area (Å²) in [5, 5.41) is 30.3. The summed E-state index contributed by atoms with van der Waals surface area (Å²) in [4.78, 5) is 26.4. The van der Waals surface area contributed by atoms with E-state index in [1.165, 1.54) is 12.0 Å². The smallest absolute Gasteiger partial charge is 0.410 e. The van der Waals surface area contributed by atoms with Crippen LogP contribution in [0.4, 0.5) is 4.79 Å². The van der Waals surface area contributed by atoms with Gasteiger partial charge in [-0.05, 0) is 28.8 Å². The fourth-order valence-corrected chi connectivity index (χ4v) is 4.96. The maximum absolute atomic E-state index is 12.9. The van der Waals surface area contributed by atoms with E-state index < -0.39 is 29.3 Å². The Morgan fingerprint density at radius 1 is 1.08 bits per heavy atom. The SMILES string of the molecule is COC(=O)c1ccc([C@H]2[C@H]3CN(C(=O)OCc4ccccc4)CC=C3C(C#N)=C(N)C2(C#N)C#N)cc1. The second-order valence-corrected chi connectivity index (χ2v) is 8.73. The van der Waals surface area contributed by atoms with E-state index in [9.17, 15) is 25.4 Å². The molecule has 2 atom stereocenters. The number of nitrogens with zero attached hydrogens (tertiary/aromatic N) is 4. The highest BCUT2D eigenvalue weighted by Crippen LogP contribution is 2.54. The number of hydrogen-bond donors (Lipinski definition) is 1. The topological polar surface area (TPSA) is 153 Å².